The Morgan fingerprint density at radius 2 is 1.55 bits per heavy atom. The number of hydrogen-bond donors (Lipinski definition) is 4. The minimum absolute atomic E-state index is 0.0707. The van der Waals surface area contributed by atoms with Crippen molar-refractivity contribution in [1.82, 2.24) is 15.7 Å². The zero-order valence-corrected chi connectivity index (χ0v) is 30.5. The molecule has 13 heteroatoms. The van der Waals surface area contributed by atoms with Crippen LogP contribution < -0.4 is 10.6 Å². The molecule has 4 N–H and O–H groups in total. The minimum atomic E-state index is -1.43. The summed E-state index contributed by atoms with van der Waals surface area (Å²) in [4.78, 5) is 48.5. The number of benzene rings is 4. The van der Waals surface area contributed by atoms with Crippen molar-refractivity contribution in [3.63, 3.8) is 0 Å². The van der Waals surface area contributed by atoms with E-state index < -0.39 is 53.5 Å². The van der Waals surface area contributed by atoms with Crippen LogP contribution in [0.1, 0.15) is 44.6 Å². The lowest BCUT2D eigenvalue weighted by molar-refractivity contribution is -0.213. The molecule has 2 amide bonds. The SMILES string of the molecule is O=C(NCCO)c1cccc(CNC(=O)C23CC4OC(=O)C2N(Cc2ccc(C=COCCO)cc2)OC3C2OC(c3ccccc3)(c3ccccc3)OC42)c1. The predicted molar refractivity (Wildman–Crippen MR) is 201 cm³/mol. The molecule has 1 saturated carbocycles. The van der Waals surface area contributed by atoms with E-state index in [0.717, 1.165) is 22.3 Å². The quantitative estimate of drug-likeness (QED) is 0.0848. The molecule has 56 heavy (non-hydrogen) atoms. The van der Waals surface area contributed by atoms with Crippen LogP contribution in [0.5, 0.6) is 0 Å². The van der Waals surface area contributed by atoms with Crippen molar-refractivity contribution in [2.24, 2.45) is 5.41 Å². The Kier molecular flexibility index (Phi) is 10.7. The highest BCUT2D eigenvalue weighted by Gasteiger charge is 2.76. The number of hydrogen-bond acceptors (Lipinski definition) is 11. The lowest BCUT2D eigenvalue weighted by atomic mass is 9.62. The molecular weight excluding hydrogens is 718 g/mol. The molecule has 13 nitrogen and oxygen atoms in total. The molecule has 4 aliphatic rings. The van der Waals surface area contributed by atoms with Crippen LogP contribution in [0.3, 0.4) is 0 Å². The van der Waals surface area contributed by atoms with Crippen LogP contribution in [0, 0.1) is 5.41 Å². The van der Waals surface area contributed by atoms with Crippen LogP contribution in [0.4, 0.5) is 0 Å². The average molecular weight is 762 g/mol. The van der Waals surface area contributed by atoms with Gasteiger partial charge in [-0.2, -0.15) is 5.06 Å². The van der Waals surface area contributed by atoms with E-state index in [1.165, 1.54) is 6.26 Å². The Balaban J connectivity index is 1.13. The number of aliphatic hydroxyl groups excluding tert-OH is 2. The maximum Gasteiger partial charge on any atom is 0.327 e. The molecule has 0 radical (unpaired) electrons. The number of hydroxylamine groups is 2. The van der Waals surface area contributed by atoms with E-state index in [1.807, 2.05) is 84.9 Å². The summed E-state index contributed by atoms with van der Waals surface area (Å²) in [5, 5.41) is 25.4. The van der Waals surface area contributed by atoms with Crippen LogP contribution >= 0.6 is 0 Å². The zero-order chi connectivity index (χ0) is 38.7. The van der Waals surface area contributed by atoms with Gasteiger partial charge in [-0.25, -0.2) is 0 Å². The molecule has 4 aromatic carbocycles. The normalized spacial score (nSPS) is 26.0. The molecule has 3 saturated heterocycles. The summed E-state index contributed by atoms with van der Waals surface area (Å²) in [5.41, 5.74) is 2.79. The summed E-state index contributed by atoms with van der Waals surface area (Å²) in [7, 11) is 0. The fraction of sp³-hybridized carbons (Fsp3) is 0.326. The molecule has 6 unspecified atom stereocenters. The first-order chi connectivity index (χ1) is 27.4. The second-order valence-corrected chi connectivity index (χ2v) is 14.2. The summed E-state index contributed by atoms with van der Waals surface area (Å²) in [5.74, 6) is -2.73. The van der Waals surface area contributed by atoms with Gasteiger partial charge in [-0.15, -0.1) is 0 Å². The number of ether oxygens (including phenoxy) is 4. The highest BCUT2D eigenvalue weighted by Crippen LogP contribution is 2.59. The highest BCUT2D eigenvalue weighted by atomic mass is 16.8. The smallest absolute Gasteiger partial charge is 0.327 e. The van der Waals surface area contributed by atoms with Gasteiger partial charge in [-0.05, 0) is 34.9 Å². The van der Waals surface area contributed by atoms with Gasteiger partial charge < -0.3 is 39.8 Å². The number of nitrogens with one attached hydrogen (secondary N) is 2. The Bertz CT molecular complexity index is 2020. The summed E-state index contributed by atoms with van der Waals surface area (Å²) < 4.78 is 25.4. The van der Waals surface area contributed by atoms with Crippen molar-refractivity contribution in [2.75, 3.05) is 26.4 Å². The first-order valence-electron chi connectivity index (χ1n) is 18.7. The van der Waals surface area contributed by atoms with Crippen LogP contribution in [0.2, 0.25) is 0 Å². The van der Waals surface area contributed by atoms with Gasteiger partial charge in [0.2, 0.25) is 11.7 Å². The maximum absolute atomic E-state index is 14.9. The molecule has 0 aromatic heterocycles. The molecule has 3 aliphatic heterocycles. The molecule has 4 fully saturated rings. The molecule has 1 aliphatic carbocycles. The monoisotopic (exact) mass is 761 g/mol. The van der Waals surface area contributed by atoms with Crippen molar-refractivity contribution in [2.45, 2.75) is 55.8 Å². The van der Waals surface area contributed by atoms with Crippen molar-refractivity contribution in [1.29, 1.82) is 0 Å². The number of amides is 2. The largest absolute Gasteiger partial charge is 0.499 e. The summed E-state index contributed by atoms with van der Waals surface area (Å²) in [6, 6.07) is 32.5. The summed E-state index contributed by atoms with van der Waals surface area (Å²) >= 11 is 0. The Labute approximate surface area is 323 Å². The zero-order valence-electron chi connectivity index (χ0n) is 30.5. The molecule has 3 heterocycles. The van der Waals surface area contributed by atoms with Crippen LogP contribution in [-0.4, -0.2) is 89.9 Å². The number of esters is 1. The summed E-state index contributed by atoms with van der Waals surface area (Å²) in [6.45, 7) is 0.268. The van der Waals surface area contributed by atoms with E-state index in [0.29, 0.717) is 11.1 Å². The minimum Gasteiger partial charge on any atom is -0.499 e. The van der Waals surface area contributed by atoms with Gasteiger partial charge in [0, 0.05) is 36.2 Å². The topological polar surface area (TPSA) is 165 Å². The third-order valence-electron chi connectivity index (χ3n) is 10.8. The fourth-order valence-corrected chi connectivity index (χ4v) is 8.29. The fourth-order valence-electron chi connectivity index (χ4n) is 8.29. The average Bonchev–Trinajstić information content (AvgIpc) is 3.82. The van der Waals surface area contributed by atoms with Crippen molar-refractivity contribution in [3.8, 4) is 0 Å². The van der Waals surface area contributed by atoms with E-state index in [1.54, 1.807) is 35.4 Å². The molecule has 290 valence electrons. The van der Waals surface area contributed by atoms with Crippen LogP contribution in [0.25, 0.3) is 6.08 Å². The van der Waals surface area contributed by atoms with Gasteiger partial charge in [0.05, 0.1) is 26.0 Å². The summed E-state index contributed by atoms with van der Waals surface area (Å²) in [6.07, 6.45) is 0.0631. The lowest BCUT2D eigenvalue weighted by Crippen LogP contribution is -2.69. The molecule has 8 rings (SSSR count). The number of aliphatic hydroxyl groups is 2. The number of carbonyl (C=O) groups excluding carboxylic acids is 3. The molecule has 0 spiro atoms. The van der Waals surface area contributed by atoms with Crippen LogP contribution in [0.15, 0.2) is 115 Å². The van der Waals surface area contributed by atoms with Gasteiger partial charge >= 0.3 is 5.97 Å². The standard InChI is InChI=1S/C43H43N3O10/c47-20-19-44-39(49)31-9-7-8-30(24-31)26-45-41(51)42-25-34-35-36(55-43(54-35,32-10-3-1-4-11-32)33-12-5-2-6-13-33)38(42)56-46(37(42)40(50)53-34)27-29-16-14-28(15-17-29)18-22-52-23-21-48/h1-18,22,24,34-38,47-48H,19-21,23,25-27H2,(H,44,49)(H,45,51). The predicted octanol–water partition coefficient (Wildman–Crippen LogP) is 3.19. The maximum atomic E-state index is 14.9. The van der Waals surface area contributed by atoms with E-state index >= 15 is 0 Å². The number of nitrogens with zero attached hydrogens (tertiary/aromatic N) is 1. The van der Waals surface area contributed by atoms with Crippen molar-refractivity contribution >= 4 is 23.9 Å². The number of rotatable bonds is 14. The van der Waals surface area contributed by atoms with Crippen LogP contribution in [-0.2, 0) is 52.3 Å². The van der Waals surface area contributed by atoms with Gasteiger partial charge in [0.15, 0.2) is 6.04 Å². The number of fused-ring (bicyclic) bond motifs is 4. The Morgan fingerprint density at radius 1 is 0.839 bits per heavy atom. The Morgan fingerprint density at radius 3 is 2.25 bits per heavy atom. The molecule has 6 atom stereocenters. The van der Waals surface area contributed by atoms with Gasteiger partial charge in [-0.3, -0.25) is 19.2 Å². The van der Waals surface area contributed by atoms with Crippen molar-refractivity contribution < 1.29 is 48.4 Å². The van der Waals surface area contributed by atoms with E-state index in [-0.39, 0.29) is 51.8 Å². The lowest BCUT2D eigenvalue weighted by Gasteiger charge is -2.48. The van der Waals surface area contributed by atoms with Gasteiger partial charge in [-0.1, -0.05) is 97.1 Å². The van der Waals surface area contributed by atoms with Gasteiger partial charge in [0.1, 0.15) is 36.4 Å². The second-order valence-electron chi connectivity index (χ2n) is 14.2. The third kappa shape index (κ3) is 6.87. The molecular formula is C43H43N3O10. The van der Waals surface area contributed by atoms with Gasteiger partial charge in [0.25, 0.3) is 5.91 Å². The second kappa shape index (κ2) is 16.0. The first kappa shape index (κ1) is 37.5. The Hall–Kier alpha value is -5.41. The van der Waals surface area contributed by atoms with E-state index in [9.17, 15) is 14.4 Å². The molecule has 2 bridgehead atoms. The van der Waals surface area contributed by atoms with Crippen molar-refractivity contribution in [3.05, 3.63) is 149 Å². The van der Waals surface area contributed by atoms with E-state index in [2.05, 4.69) is 10.6 Å². The number of carbonyl (C=O) groups is 3. The molecule has 4 aromatic rings. The highest BCUT2D eigenvalue weighted by molar-refractivity contribution is 5.95. The van der Waals surface area contributed by atoms with E-state index in [4.69, 9.17) is 34.0 Å². The third-order valence-corrected chi connectivity index (χ3v) is 10.8. The first-order valence-corrected chi connectivity index (χ1v) is 18.7.